The third kappa shape index (κ3) is 3.13. The van der Waals surface area contributed by atoms with Crippen molar-refractivity contribution >= 4 is 10.0 Å². The van der Waals surface area contributed by atoms with Crippen LogP contribution in [0.5, 0.6) is 0 Å². The van der Waals surface area contributed by atoms with E-state index in [0.717, 1.165) is 12.0 Å². The van der Waals surface area contributed by atoms with Gasteiger partial charge in [0.2, 0.25) is 10.0 Å². The Balaban J connectivity index is 2.26. The summed E-state index contributed by atoms with van der Waals surface area (Å²) in [5.74, 6) is -0.717. The van der Waals surface area contributed by atoms with Gasteiger partial charge in [-0.05, 0) is 36.6 Å². The summed E-state index contributed by atoms with van der Waals surface area (Å²) >= 11 is 0. The smallest absolute Gasteiger partial charge is 0.243 e. The Morgan fingerprint density at radius 2 is 2.05 bits per heavy atom. The van der Waals surface area contributed by atoms with Crippen molar-refractivity contribution in [3.8, 4) is 0 Å². The van der Waals surface area contributed by atoms with E-state index in [4.69, 9.17) is 0 Å². The number of benzene rings is 1. The van der Waals surface area contributed by atoms with Gasteiger partial charge in [0.1, 0.15) is 10.7 Å². The summed E-state index contributed by atoms with van der Waals surface area (Å²) in [4.78, 5) is -0.275. The van der Waals surface area contributed by atoms with E-state index in [0.29, 0.717) is 6.54 Å². The molecule has 1 aromatic carbocycles. The number of nitrogens with one attached hydrogen (secondary N) is 2. The monoisotopic (exact) mass is 286 g/mol. The van der Waals surface area contributed by atoms with E-state index in [9.17, 15) is 12.8 Å². The van der Waals surface area contributed by atoms with Gasteiger partial charge in [0.05, 0.1) is 0 Å². The fourth-order valence-electron chi connectivity index (χ4n) is 1.99. The standard InChI is InChI=1S/C13H19FN2O2S/c1-13(2)7-12(13)16-19(17,18)11-6-9(8-15-3)4-5-10(11)14/h4-6,12,15-16H,7-8H2,1-3H3. The molecule has 2 N–H and O–H groups in total. The number of rotatable bonds is 5. The first-order valence-corrected chi connectivity index (χ1v) is 7.70. The van der Waals surface area contributed by atoms with Crippen LogP contribution in [0.4, 0.5) is 4.39 Å². The molecule has 0 aliphatic heterocycles. The molecule has 0 radical (unpaired) electrons. The van der Waals surface area contributed by atoms with E-state index in [1.165, 1.54) is 12.1 Å². The van der Waals surface area contributed by atoms with Gasteiger partial charge < -0.3 is 5.32 Å². The van der Waals surface area contributed by atoms with Gasteiger partial charge in [-0.15, -0.1) is 0 Å². The van der Waals surface area contributed by atoms with Gasteiger partial charge >= 0.3 is 0 Å². The molecule has 106 valence electrons. The molecule has 2 rings (SSSR count). The number of halogens is 1. The molecule has 0 amide bonds. The molecule has 1 saturated carbocycles. The largest absolute Gasteiger partial charge is 0.316 e. The summed E-state index contributed by atoms with van der Waals surface area (Å²) in [5.41, 5.74) is 0.700. The van der Waals surface area contributed by atoms with E-state index in [-0.39, 0.29) is 16.4 Å². The third-order valence-electron chi connectivity index (χ3n) is 3.48. The Labute approximate surface area is 113 Å². The Kier molecular flexibility index (Phi) is 3.68. The van der Waals surface area contributed by atoms with Crippen molar-refractivity contribution in [2.75, 3.05) is 7.05 Å². The second-order valence-corrected chi connectivity index (χ2v) is 7.34. The molecule has 0 bridgehead atoms. The van der Waals surface area contributed by atoms with E-state index in [1.807, 2.05) is 13.8 Å². The average molecular weight is 286 g/mol. The van der Waals surface area contributed by atoms with Crippen molar-refractivity contribution in [1.82, 2.24) is 10.0 Å². The fourth-order valence-corrected chi connectivity index (χ4v) is 3.52. The second-order valence-electron chi connectivity index (χ2n) is 5.66. The lowest BCUT2D eigenvalue weighted by atomic mass is 10.2. The van der Waals surface area contributed by atoms with Crippen LogP contribution in [0.1, 0.15) is 25.8 Å². The first-order valence-electron chi connectivity index (χ1n) is 6.21. The molecule has 1 unspecified atom stereocenters. The zero-order valence-electron chi connectivity index (χ0n) is 11.3. The Morgan fingerprint density at radius 1 is 1.42 bits per heavy atom. The minimum atomic E-state index is -3.79. The van der Waals surface area contributed by atoms with Gasteiger partial charge in [-0.3, -0.25) is 0 Å². The lowest BCUT2D eigenvalue weighted by Crippen LogP contribution is -2.29. The second kappa shape index (κ2) is 4.85. The zero-order chi connectivity index (χ0) is 14.3. The maximum Gasteiger partial charge on any atom is 0.243 e. The van der Waals surface area contributed by atoms with Crippen molar-refractivity contribution in [2.45, 2.75) is 37.8 Å². The Hall–Kier alpha value is -0.980. The fraction of sp³-hybridized carbons (Fsp3) is 0.538. The van der Waals surface area contributed by atoms with Gasteiger partial charge in [0, 0.05) is 12.6 Å². The predicted molar refractivity (Wildman–Crippen MR) is 71.7 cm³/mol. The molecule has 0 spiro atoms. The molecule has 1 aliphatic carbocycles. The maximum absolute atomic E-state index is 13.7. The van der Waals surface area contributed by atoms with Gasteiger partial charge in [-0.2, -0.15) is 0 Å². The minimum Gasteiger partial charge on any atom is -0.316 e. The lowest BCUT2D eigenvalue weighted by molar-refractivity contribution is 0.540. The molecule has 4 nitrogen and oxygen atoms in total. The van der Waals surface area contributed by atoms with E-state index in [2.05, 4.69) is 10.0 Å². The van der Waals surface area contributed by atoms with Gasteiger partial charge in [-0.25, -0.2) is 17.5 Å². The molecule has 1 aromatic rings. The molecule has 0 heterocycles. The SMILES string of the molecule is CNCc1ccc(F)c(S(=O)(=O)NC2CC2(C)C)c1. The molecule has 0 saturated heterocycles. The average Bonchev–Trinajstić information content (AvgIpc) is 2.87. The van der Waals surface area contributed by atoms with Crippen LogP contribution in [-0.4, -0.2) is 21.5 Å². The third-order valence-corrected chi connectivity index (χ3v) is 4.96. The number of sulfonamides is 1. The molecule has 1 fully saturated rings. The summed E-state index contributed by atoms with van der Waals surface area (Å²) in [6, 6.07) is 4.04. The van der Waals surface area contributed by atoms with Crippen LogP contribution in [0.3, 0.4) is 0 Å². The number of hydrogen-bond acceptors (Lipinski definition) is 3. The lowest BCUT2D eigenvalue weighted by Gasteiger charge is -2.10. The molecular formula is C13H19FN2O2S. The Morgan fingerprint density at radius 3 is 2.58 bits per heavy atom. The summed E-state index contributed by atoms with van der Waals surface area (Å²) < 4.78 is 40.6. The first kappa shape index (κ1) is 14.4. The van der Waals surface area contributed by atoms with Crippen LogP contribution >= 0.6 is 0 Å². The molecule has 1 atom stereocenters. The molecule has 19 heavy (non-hydrogen) atoms. The van der Waals surface area contributed by atoms with Crippen molar-refractivity contribution < 1.29 is 12.8 Å². The molecule has 6 heteroatoms. The van der Waals surface area contributed by atoms with Gasteiger partial charge in [-0.1, -0.05) is 19.9 Å². The minimum absolute atomic E-state index is 0.0356. The quantitative estimate of drug-likeness (QED) is 0.865. The summed E-state index contributed by atoms with van der Waals surface area (Å²) in [6.45, 7) is 4.46. The van der Waals surface area contributed by atoms with Crippen LogP contribution in [0.15, 0.2) is 23.1 Å². The Bertz CT molecular complexity index is 584. The first-order chi connectivity index (χ1) is 8.76. The maximum atomic E-state index is 13.7. The van der Waals surface area contributed by atoms with Crippen LogP contribution in [0.2, 0.25) is 0 Å². The van der Waals surface area contributed by atoms with Crippen molar-refractivity contribution in [3.05, 3.63) is 29.6 Å². The van der Waals surface area contributed by atoms with Gasteiger partial charge in [0.15, 0.2) is 0 Å². The molecule has 0 aromatic heterocycles. The predicted octanol–water partition coefficient (Wildman–Crippen LogP) is 1.62. The normalized spacial score (nSPS) is 21.4. The van der Waals surface area contributed by atoms with E-state index < -0.39 is 15.8 Å². The summed E-state index contributed by atoms with van der Waals surface area (Å²) in [5, 5.41) is 2.91. The summed E-state index contributed by atoms with van der Waals surface area (Å²) in [6.07, 6.45) is 0.782. The van der Waals surface area contributed by atoms with Crippen LogP contribution in [-0.2, 0) is 16.6 Å². The highest BCUT2D eigenvalue weighted by molar-refractivity contribution is 7.89. The van der Waals surface area contributed by atoms with E-state index in [1.54, 1.807) is 13.1 Å². The van der Waals surface area contributed by atoms with E-state index >= 15 is 0 Å². The van der Waals surface area contributed by atoms with Crippen LogP contribution in [0.25, 0.3) is 0 Å². The highest BCUT2D eigenvalue weighted by atomic mass is 32.2. The summed E-state index contributed by atoms with van der Waals surface area (Å²) in [7, 11) is -2.04. The molecule has 1 aliphatic rings. The van der Waals surface area contributed by atoms with Crippen molar-refractivity contribution in [1.29, 1.82) is 0 Å². The highest BCUT2D eigenvalue weighted by Crippen LogP contribution is 2.45. The van der Waals surface area contributed by atoms with Gasteiger partial charge in [0.25, 0.3) is 0 Å². The van der Waals surface area contributed by atoms with Crippen molar-refractivity contribution in [2.24, 2.45) is 5.41 Å². The molecular weight excluding hydrogens is 267 g/mol. The van der Waals surface area contributed by atoms with Crippen LogP contribution < -0.4 is 10.0 Å². The van der Waals surface area contributed by atoms with Crippen molar-refractivity contribution in [3.63, 3.8) is 0 Å². The number of hydrogen-bond donors (Lipinski definition) is 2. The topological polar surface area (TPSA) is 58.2 Å². The van der Waals surface area contributed by atoms with Crippen LogP contribution in [0, 0.1) is 11.2 Å². The zero-order valence-corrected chi connectivity index (χ0v) is 12.1. The highest BCUT2D eigenvalue weighted by Gasteiger charge is 2.48.